The van der Waals surface area contributed by atoms with Gasteiger partial charge in [0.15, 0.2) is 0 Å². The molecule has 1 aromatic heterocycles. The maximum absolute atomic E-state index is 12.2. The molecule has 0 bridgehead atoms. The molecule has 0 aromatic carbocycles. The Kier molecular flexibility index (Phi) is 6.33. The van der Waals surface area contributed by atoms with Crippen LogP contribution in [0, 0.1) is 6.92 Å². The van der Waals surface area contributed by atoms with Crippen LogP contribution in [0.4, 0.5) is 0 Å². The van der Waals surface area contributed by atoms with Crippen LogP contribution in [0.5, 0.6) is 0 Å². The summed E-state index contributed by atoms with van der Waals surface area (Å²) < 4.78 is 26.9. The van der Waals surface area contributed by atoms with Crippen LogP contribution in [0.25, 0.3) is 0 Å². The van der Waals surface area contributed by atoms with Gasteiger partial charge in [0.25, 0.3) is 0 Å². The summed E-state index contributed by atoms with van der Waals surface area (Å²) in [5.41, 5.74) is 0. The maximum Gasteiger partial charge on any atom is 0.345 e. The molecule has 1 atom stereocenters. The van der Waals surface area contributed by atoms with Gasteiger partial charge in [-0.05, 0) is 33.4 Å². The van der Waals surface area contributed by atoms with Crippen LogP contribution in [0.3, 0.4) is 0 Å². The van der Waals surface area contributed by atoms with Gasteiger partial charge in [0.1, 0.15) is 4.88 Å². The van der Waals surface area contributed by atoms with Gasteiger partial charge in [-0.25, -0.2) is 17.9 Å². The van der Waals surface area contributed by atoms with Gasteiger partial charge in [-0.15, -0.1) is 11.3 Å². The molecule has 0 fully saturated rings. The molecule has 8 heteroatoms. The third-order valence-corrected chi connectivity index (χ3v) is 6.23. The first-order valence-corrected chi connectivity index (χ1v) is 9.02. The van der Waals surface area contributed by atoms with Gasteiger partial charge < -0.3 is 10.0 Å². The number of aryl methyl sites for hydroxylation is 1. The molecule has 0 aliphatic rings. The molecule has 21 heavy (non-hydrogen) atoms. The Morgan fingerprint density at radius 3 is 2.62 bits per heavy atom. The predicted molar refractivity (Wildman–Crippen MR) is 83.6 cm³/mol. The highest BCUT2D eigenvalue weighted by atomic mass is 32.2. The monoisotopic (exact) mass is 334 g/mol. The zero-order valence-corrected chi connectivity index (χ0v) is 14.3. The smallest absolute Gasteiger partial charge is 0.345 e. The van der Waals surface area contributed by atoms with E-state index in [4.69, 9.17) is 5.11 Å². The van der Waals surface area contributed by atoms with Crippen molar-refractivity contribution in [2.24, 2.45) is 0 Å². The molecule has 0 spiro atoms. The van der Waals surface area contributed by atoms with Crippen LogP contribution in [0.1, 0.15) is 34.8 Å². The van der Waals surface area contributed by atoms with E-state index in [-0.39, 0.29) is 9.77 Å². The van der Waals surface area contributed by atoms with Crippen LogP contribution in [-0.4, -0.2) is 50.6 Å². The third kappa shape index (κ3) is 4.77. The molecule has 2 N–H and O–H groups in total. The van der Waals surface area contributed by atoms with Crippen molar-refractivity contribution in [2.45, 2.75) is 38.1 Å². The molecule has 1 unspecified atom stereocenters. The van der Waals surface area contributed by atoms with Gasteiger partial charge in [-0.1, -0.05) is 6.92 Å². The van der Waals surface area contributed by atoms with E-state index in [2.05, 4.69) is 23.5 Å². The van der Waals surface area contributed by atoms with E-state index < -0.39 is 16.0 Å². The van der Waals surface area contributed by atoms with E-state index >= 15 is 0 Å². The highest BCUT2D eigenvalue weighted by Crippen LogP contribution is 2.25. The molecule has 1 heterocycles. The van der Waals surface area contributed by atoms with Crippen molar-refractivity contribution >= 4 is 27.3 Å². The van der Waals surface area contributed by atoms with Gasteiger partial charge in [-0.2, -0.15) is 0 Å². The van der Waals surface area contributed by atoms with Gasteiger partial charge in [0.05, 0.1) is 4.90 Å². The van der Waals surface area contributed by atoms with Crippen LogP contribution >= 0.6 is 11.3 Å². The summed E-state index contributed by atoms with van der Waals surface area (Å²) in [6.45, 7) is 6.66. The van der Waals surface area contributed by atoms with Crippen LogP contribution in [-0.2, 0) is 10.0 Å². The number of nitrogens with one attached hydrogen (secondary N) is 1. The summed E-state index contributed by atoms with van der Waals surface area (Å²) >= 11 is 0.968. The largest absolute Gasteiger partial charge is 0.477 e. The van der Waals surface area contributed by atoms with E-state index in [9.17, 15) is 13.2 Å². The number of hydrogen-bond donors (Lipinski definition) is 2. The highest BCUT2D eigenvalue weighted by Gasteiger charge is 2.22. The van der Waals surface area contributed by atoms with Crippen molar-refractivity contribution in [3.63, 3.8) is 0 Å². The SMILES string of the molecule is CCC(C)N(C)CCNS(=O)(=O)c1cc(C(=O)O)sc1C. The molecular weight excluding hydrogens is 312 g/mol. The Balaban J connectivity index is 2.72. The lowest BCUT2D eigenvalue weighted by Gasteiger charge is -2.23. The molecule has 0 aliphatic heterocycles. The summed E-state index contributed by atoms with van der Waals surface area (Å²) in [6.07, 6.45) is 0.995. The number of carboxylic acids is 1. The molecule has 0 saturated heterocycles. The quantitative estimate of drug-likeness (QED) is 0.756. The van der Waals surface area contributed by atoms with Crippen molar-refractivity contribution in [1.29, 1.82) is 0 Å². The van der Waals surface area contributed by atoms with Gasteiger partial charge in [0, 0.05) is 24.0 Å². The number of thiophene rings is 1. The summed E-state index contributed by atoms with van der Waals surface area (Å²) in [5.74, 6) is -1.11. The third-order valence-electron chi connectivity index (χ3n) is 3.47. The first kappa shape index (κ1) is 18.1. The van der Waals surface area contributed by atoms with Crippen molar-refractivity contribution < 1.29 is 18.3 Å². The van der Waals surface area contributed by atoms with Crippen molar-refractivity contribution in [3.8, 4) is 0 Å². The minimum Gasteiger partial charge on any atom is -0.477 e. The number of sulfonamides is 1. The fourth-order valence-electron chi connectivity index (χ4n) is 1.80. The fourth-order valence-corrected chi connectivity index (χ4v) is 4.25. The van der Waals surface area contributed by atoms with Crippen LogP contribution < -0.4 is 4.72 Å². The molecule has 1 rings (SSSR count). The second kappa shape index (κ2) is 7.35. The lowest BCUT2D eigenvalue weighted by Crippen LogP contribution is -2.37. The lowest BCUT2D eigenvalue weighted by atomic mass is 10.2. The summed E-state index contributed by atoms with van der Waals surface area (Å²) in [6, 6.07) is 1.60. The van der Waals surface area contributed by atoms with E-state index in [1.54, 1.807) is 6.92 Å². The maximum atomic E-state index is 12.2. The number of aromatic carboxylic acids is 1. The summed E-state index contributed by atoms with van der Waals surface area (Å²) in [7, 11) is -1.72. The first-order valence-electron chi connectivity index (χ1n) is 6.72. The molecular formula is C13H22N2O4S2. The van der Waals surface area contributed by atoms with E-state index in [1.165, 1.54) is 6.07 Å². The Morgan fingerprint density at radius 2 is 2.14 bits per heavy atom. The van der Waals surface area contributed by atoms with Crippen molar-refractivity contribution in [1.82, 2.24) is 9.62 Å². The number of rotatable bonds is 8. The number of likely N-dealkylation sites (N-methyl/N-ethyl adjacent to an activating group) is 1. The minimum atomic E-state index is -3.66. The molecule has 0 amide bonds. The lowest BCUT2D eigenvalue weighted by molar-refractivity contribution is 0.0702. The van der Waals surface area contributed by atoms with Crippen LogP contribution in [0.15, 0.2) is 11.0 Å². The average Bonchev–Trinajstić information content (AvgIpc) is 2.80. The second-order valence-corrected chi connectivity index (χ2v) is 7.96. The standard InChI is InChI=1S/C13H22N2O4S2/c1-5-9(2)15(4)7-6-14-21(18,19)12-8-11(13(16)17)20-10(12)3/h8-9,14H,5-7H2,1-4H3,(H,16,17). The Hall–Kier alpha value is -0.960. The number of nitrogens with zero attached hydrogens (tertiary/aromatic N) is 1. The first-order chi connectivity index (χ1) is 9.69. The van der Waals surface area contributed by atoms with Crippen molar-refractivity contribution in [3.05, 3.63) is 15.8 Å². The molecule has 1 aromatic rings. The highest BCUT2D eigenvalue weighted by molar-refractivity contribution is 7.89. The zero-order valence-electron chi connectivity index (χ0n) is 12.7. The Morgan fingerprint density at radius 1 is 1.52 bits per heavy atom. The molecule has 120 valence electrons. The number of hydrogen-bond acceptors (Lipinski definition) is 5. The minimum absolute atomic E-state index is 0.0320. The van der Waals surface area contributed by atoms with Crippen LogP contribution in [0.2, 0.25) is 0 Å². The Bertz CT molecular complexity index is 595. The number of carbonyl (C=O) groups is 1. The van der Waals surface area contributed by atoms with E-state index in [1.807, 2.05) is 7.05 Å². The fraction of sp³-hybridized carbons (Fsp3) is 0.615. The topological polar surface area (TPSA) is 86.7 Å². The van der Waals surface area contributed by atoms with Gasteiger partial charge >= 0.3 is 5.97 Å². The van der Waals surface area contributed by atoms with Gasteiger partial charge in [-0.3, -0.25) is 0 Å². The average molecular weight is 334 g/mol. The molecule has 0 radical (unpaired) electrons. The Labute approximate surface area is 129 Å². The van der Waals surface area contributed by atoms with E-state index in [0.717, 1.165) is 17.8 Å². The van der Waals surface area contributed by atoms with Crippen molar-refractivity contribution in [2.75, 3.05) is 20.1 Å². The second-order valence-electron chi connectivity index (χ2n) is 4.97. The van der Waals surface area contributed by atoms with Gasteiger partial charge in [0.2, 0.25) is 10.0 Å². The molecule has 0 aliphatic carbocycles. The predicted octanol–water partition coefficient (Wildman–Crippen LogP) is 1.76. The van der Waals surface area contributed by atoms with E-state index in [0.29, 0.717) is 24.0 Å². The normalized spacial score (nSPS) is 13.6. The number of carboxylic acid groups (broad SMARTS) is 1. The summed E-state index contributed by atoms with van der Waals surface area (Å²) in [5, 5.41) is 8.91. The summed E-state index contributed by atoms with van der Waals surface area (Å²) in [4.78, 5) is 13.5. The molecule has 0 saturated carbocycles. The zero-order chi connectivity index (χ0) is 16.2. The molecule has 6 nitrogen and oxygen atoms in total.